The summed E-state index contributed by atoms with van der Waals surface area (Å²) in [6.45, 7) is 15.8. The largest absolute Gasteiger partial charge is 0.304 e. The van der Waals surface area contributed by atoms with Gasteiger partial charge in [0.2, 0.25) is 5.91 Å². The topological polar surface area (TPSA) is 26.8 Å². The lowest BCUT2D eigenvalue weighted by molar-refractivity contribution is -0.131. The van der Waals surface area contributed by atoms with E-state index in [2.05, 4.69) is 36.6 Å². The second-order valence-electron chi connectivity index (χ2n) is 6.07. The molecule has 4 heteroatoms. The minimum absolute atomic E-state index is 0.00682. The van der Waals surface area contributed by atoms with Gasteiger partial charge in [0.25, 0.3) is 0 Å². The predicted octanol–water partition coefficient (Wildman–Crippen LogP) is 2.20. The summed E-state index contributed by atoms with van der Waals surface area (Å²) in [7, 11) is 2.12. The molecular weight excluding hydrogens is 286 g/mol. The molecule has 0 N–H and O–H groups in total. The zero-order chi connectivity index (χ0) is 16.8. The van der Waals surface area contributed by atoms with Crippen molar-refractivity contribution in [1.82, 2.24) is 14.7 Å². The number of carbonyl (C=O) groups is 1. The fourth-order valence-corrected chi connectivity index (χ4v) is 3.13. The van der Waals surface area contributed by atoms with E-state index in [1.165, 1.54) is 0 Å². The molecule has 23 heavy (non-hydrogen) atoms. The van der Waals surface area contributed by atoms with Gasteiger partial charge in [-0.1, -0.05) is 37.5 Å². The maximum absolute atomic E-state index is 12.9. The van der Waals surface area contributed by atoms with Crippen molar-refractivity contribution in [3.8, 4) is 0 Å². The first-order valence-corrected chi connectivity index (χ1v) is 8.11. The minimum Gasteiger partial charge on any atom is -0.304 e. The summed E-state index contributed by atoms with van der Waals surface area (Å²) in [4.78, 5) is 19.3. The molecule has 124 valence electrons. The zero-order valence-corrected chi connectivity index (χ0v) is 14.1. The Morgan fingerprint density at radius 2 is 1.78 bits per heavy atom. The fourth-order valence-electron chi connectivity index (χ4n) is 3.13. The van der Waals surface area contributed by atoms with E-state index in [9.17, 15) is 4.79 Å². The van der Waals surface area contributed by atoms with Crippen molar-refractivity contribution in [3.63, 3.8) is 0 Å². The SMILES string of the molecule is C=C/C=C1/C[C@@H](C=C)N(C(=O)CN2CCN(C)CC2)/C1=C/C=C. The second-order valence-corrected chi connectivity index (χ2v) is 6.07. The number of nitrogens with zero attached hydrogens (tertiary/aromatic N) is 3. The monoisotopic (exact) mass is 313 g/mol. The molecule has 0 saturated carbocycles. The average molecular weight is 313 g/mol. The Kier molecular flexibility index (Phi) is 6.13. The molecule has 4 nitrogen and oxygen atoms in total. The lowest BCUT2D eigenvalue weighted by Crippen LogP contribution is -2.49. The molecule has 0 radical (unpaired) electrons. The van der Waals surface area contributed by atoms with Crippen LogP contribution in [0.2, 0.25) is 0 Å². The van der Waals surface area contributed by atoms with Crippen molar-refractivity contribution in [2.75, 3.05) is 39.8 Å². The van der Waals surface area contributed by atoms with Gasteiger partial charge in [-0.15, -0.1) is 6.58 Å². The van der Waals surface area contributed by atoms with E-state index in [-0.39, 0.29) is 11.9 Å². The summed E-state index contributed by atoms with van der Waals surface area (Å²) in [5.41, 5.74) is 2.03. The molecule has 2 aliphatic heterocycles. The van der Waals surface area contributed by atoms with Gasteiger partial charge in [0.1, 0.15) is 0 Å². The number of rotatable bonds is 5. The summed E-state index contributed by atoms with van der Waals surface area (Å²) in [5, 5.41) is 0. The second kappa shape index (κ2) is 8.09. The number of piperazine rings is 1. The molecule has 0 spiro atoms. The number of likely N-dealkylation sites (tertiary alicyclic amines) is 1. The first kappa shape index (κ1) is 17.4. The molecule has 2 fully saturated rings. The molecule has 0 unspecified atom stereocenters. The molecule has 1 amide bonds. The maximum atomic E-state index is 12.9. The molecule has 0 bridgehead atoms. The normalized spacial score (nSPS) is 26.7. The molecule has 0 aromatic heterocycles. The highest BCUT2D eigenvalue weighted by Gasteiger charge is 2.34. The van der Waals surface area contributed by atoms with Crippen LogP contribution in [-0.2, 0) is 4.79 Å². The van der Waals surface area contributed by atoms with Crippen LogP contribution in [0.25, 0.3) is 0 Å². The molecule has 0 aliphatic carbocycles. The van der Waals surface area contributed by atoms with Crippen LogP contribution in [0.4, 0.5) is 0 Å². The van der Waals surface area contributed by atoms with Crippen LogP contribution in [0.15, 0.2) is 61.4 Å². The summed E-state index contributed by atoms with van der Waals surface area (Å²) in [6, 6.07) is 0.00682. The molecule has 2 aliphatic rings. The smallest absolute Gasteiger partial charge is 0.241 e. The summed E-state index contributed by atoms with van der Waals surface area (Å²) in [5.74, 6) is 0.125. The van der Waals surface area contributed by atoms with Crippen LogP contribution < -0.4 is 0 Å². The first-order valence-electron chi connectivity index (χ1n) is 8.11. The highest BCUT2D eigenvalue weighted by atomic mass is 16.2. The molecule has 2 rings (SSSR count). The van der Waals surface area contributed by atoms with Gasteiger partial charge in [0.15, 0.2) is 0 Å². The lowest BCUT2D eigenvalue weighted by atomic mass is 10.1. The van der Waals surface area contributed by atoms with E-state index in [0.29, 0.717) is 6.54 Å². The Morgan fingerprint density at radius 3 is 2.35 bits per heavy atom. The minimum atomic E-state index is 0.00682. The quantitative estimate of drug-likeness (QED) is 0.728. The summed E-state index contributed by atoms with van der Waals surface area (Å²) in [6.07, 6.45) is 10.00. The van der Waals surface area contributed by atoms with Crippen molar-refractivity contribution >= 4 is 5.91 Å². The Morgan fingerprint density at radius 1 is 1.13 bits per heavy atom. The number of amides is 1. The van der Waals surface area contributed by atoms with Gasteiger partial charge in [-0.05, 0) is 25.1 Å². The molecule has 2 saturated heterocycles. The third kappa shape index (κ3) is 4.09. The Bertz CT molecular complexity index is 539. The first-order chi connectivity index (χ1) is 11.1. The van der Waals surface area contributed by atoms with Gasteiger partial charge in [0, 0.05) is 31.9 Å². The maximum Gasteiger partial charge on any atom is 0.241 e. The van der Waals surface area contributed by atoms with E-state index in [1.54, 1.807) is 12.2 Å². The zero-order valence-electron chi connectivity index (χ0n) is 14.1. The Hall–Kier alpha value is -1.91. The van der Waals surface area contributed by atoms with Crippen molar-refractivity contribution in [1.29, 1.82) is 0 Å². The van der Waals surface area contributed by atoms with Crippen LogP contribution in [0.5, 0.6) is 0 Å². The van der Waals surface area contributed by atoms with Gasteiger partial charge >= 0.3 is 0 Å². The van der Waals surface area contributed by atoms with E-state index in [1.807, 2.05) is 23.1 Å². The van der Waals surface area contributed by atoms with Crippen molar-refractivity contribution in [3.05, 3.63) is 61.4 Å². The average Bonchev–Trinajstić information content (AvgIpc) is 2.88. The van der Waals surface area contributed by atoms with E-state index in [0.717, 1.165) is 43.9 Å². The van der Waals surface area contributed by atoms with Gasteiger partial charge in [0.05, 0.1) is 12.6 Å². The molecule has 0 aromatic rings. The van der Waals surface area contributed by atoms with Crippen molar-refractivity contribution < 1.29 is 4.79 Å². The number of hydrogen-bond donors (Lipinski definition) is 0. The highest BCUT2D eigenvalue weighted by Crippen LogP contribution is 2.33. The van der Waals surface area contributed by atoms with Crippen LogP contribution in [0, 0.1) is 0 Å². The Balaban J connectivity index is 2.16. The van der Waals surface area contributed by atoms with Crippen LogP contribution >= 0.6 is 0 Å². The molecule has 2 heterocycles. The number of allylic oxidation sites excluding steroid dienone is 5. The van der Waals surface area contributed by atoms with Gasteiger partial charge < -0.3 is 9.80 Å². The highest BCUT2D eigenvalue weighted by molar-refractivity contribution is 5.83. The summed E-state index contributed by atoms with van der Waals surface area (Å²) >= 11 is 0. The number of hydrogen-bond acceptors (Lipinski definition) is 3. The van der Waals surface area contributed by atoms with Gasteiger partial charge in [-0.3, -0.25) is 9.69 Å². The van der Waals surface area contributed by atoms with Crippen LogP contribution in [0.1, 0.15) is 6.42 Å². The van der Waals surface area contributed by atoms with Crippen molar-refractivity contribution in [2.45, 2.75) is 12.5 Å². The molecular formula is C19H27N3O. The van der Waals surface area contributed by atoms with Crippen LogP contribution in [0.3, 0.4) is 0 Å². The van der Waals surface area contributed by atoms with Crippen LogP contribution in [-0.4, -0.2) is 66.4 Å². The van der Waals surface area contributed by atoms with E-state index < -0.39 is 0 Å². The predicted molar refractivity (Wildman–Crippen MR) is 95.9 cm³/mol. The third-order valence-corrected chi connectivity index (χ3v) is 4.44. The lowest BCUT2D eigenvalue weighted by Gasteiger charge is -2.33. The molecule has 1 atom stereocenters. The standard InChI is InChI=1S/C19H27N3O/c1-5-8-16-14-17(7-3)22(18(16)9-6-2)19(23)15-21-12-10-20(4)11-13-21/h5-9,17H,1-3,10-15H2,4H3/b16-8-,18-9+/t17-/m1/s1. The third-order valence-electron chi connectivity index (χ3n) is 4.44. The number of carbonyl (C=O) groups excluding carboxylic acids is 1. The van der Waals surface area contributed by atoms with E-state index >= 15 is 0 Å². The fraction of sp³-hybridized carbons (Fsp3) is 0.421. The molecule has 0 aromatic carbocycles. The van der Waals surface area contributed by atoms with Gasteiger partial charge in [-0.25, -0.2) is 0 Å². The van der Waals surface area contributed by atoms with Crippen molar-refractivity contribution in [2.24, 2.45) is 0 Å². The van der Waals surface area contributed by atoms with E-state index in [4.69, 9.17) is 0 Å². The summed E-state index contributed by atoms with van der Waals surface area (Å²) < 4.78 is 0. The number of likely N-dealkylation sites (N-methyl/N-ethyl adjacent to an activating group) is 1. The van der Waals surface area contributed by atoms with Gasteiger partial charge in [-0.2, -0.15) is 0 Å². The Labute approximate surface area is 139 Å².